The summed E-state index contributed by atoms with van der Waals surface area (Å²) >= 11 is 1.63. The van der Waals surface area contributed by atoms with E-state index < -0.39 is 0 Å². The van der Waals surface area contributed by atoms with Gasteiger partial charge in [-0.05, 0) is 25.1 Å². The monoisotopic (exact) mass is 239 g/mol. The molecule has 1 rings (SSSR count). The third-order valence-electron chi connectivity index (χ3n) is 2.09. The van der Waals surface area contributed by atoms with E-state index in [9.17, 15) is 4.79 Å². The first-order valence-corrected chi connectivity index (χ1v) is 6.29. The lowest BCUT2D eigenvalue weighted by Gasteiger charge is -2.13. The van der Waals surface area contributed by atoms with E-state index in [1.54, 1.807) is 18.0 Å². The van der Waals surface area contributed by atoms with Gasteiger partial charge in [0.2, 0.25) is 5.91 Å². The van der Waals surface area contributed by atoms with Gasteiger partial charge < -0.3 is 11.1 Å². The summed E-state index contributed by atoms with van der Waals surface area (Å²) in [6.45, 7) is 2.71. The van der Waals surface area contributed by atoms with Gasteiger partial charge in [-0.25, -0.2) is 4.98 Å². The van der Waals surface area contributed by atoms with E-state index in [0.717, 1.165) is 23.7 Å². The van der Waals surface area contributed by atoms with Crippen LogP contribution < -0.4 is 11.1 Å². The van der Waals surface area contributed by atoms with Crippen LogP contribution in [-0.4, -0.2) is 29.2 Å². The molecule has 1 aromatic heterocycles. The summed E-state index contributed by atoms with van der Waals surface area (Å²) in [6.07, 6.45) is 2.49. The van der Waals surface area contributed by atoms with Crippen molar-refractivity contribution < 1.29 is 4.79 Å². The molecule has 0 saturated heterocycles. The second-order valence-electron chi connectivity index (χ2n) is 3.32. The van der Waals surface area contributed by atoms with Gasteiger partial charge in [0.1, 0.15) is 0 Å². The summed E-state index contributed by atoms with van der Waals surface area (Å²) in [6, 6.07) is 5.55. The topological polar surface area (TPSA) is 68.0 Å². The number of pyridine rings is 1. The Labute approximate surface area is 100 Å². The molecule has 1 heterocycles. The van der Waals surface area contributed by atoms with Gasteiger partial charge in [-0.1, -0.05) is 13.0 Å². The zero-order valence-corrected chi connectivity index (χ0v) is 10.2. The Balaban J connectivity index is 2.31. The lowest BCUT2D eigenvalue weighted by molar-refractivity contribution is -0.120. The summed E-state index contributed by atoms with van der Waals surface area (Å²) in [7, 11) is 0. The number of amides is 1. The fraction of sp³-hybridized carbons (Fsp3) is 0.455. The molecular weight excluding hydrogens is 222 g/mol. The van der Waals surface area contributed by atoms with Crippen molar-refractivity contribution in [1.82, 2.24) is 10.3 Å². The molecule has 0 radical (unpaired) electrons. The molecule has 88 valence electrons. The highest BCUT2D eigenvalue weighted by Crippen LogP contribution is 2.15. The van der Waals surface area contributed by atoms with Gasteiger partial charge in [0.15, 0.2) is 0 Å². The molecular formula is C11H17N3OS. The van der Waals surface area contributed by atoms with Gasteiger partial charge in [0, 0.05) is 11.9 Å². The van der Waals surface area contributed by atoms with Crippen molar-refractivity contribution in [2.45, 2.75) is 24.4 Å². The maximum absolute atomic E-state index is 11.1. The third kappa shape index (κ3) is 4.63. The van der Waals surface area contributed by atoms with Crippen LogP contribution in [-0.2, 0) is 4.79 Å². The smallest absolute Gasteiger partial charge is 0.234 e. The summed E-state index contributed by atoms with van der Waals surface area (Å²) in [5.74, 6) is 0.543. The van der Waals surface area contributed by atoms with Crippen LogP contribution in [0.1, 0.15) is 13.3 Å². The quantitative estimate of drug-likeness (QED) is 0.697. The van der Waals surface area contributed by atoms with Crippen molar-refractivity contribution in [3.8, 4) is 0 Å². The van der Waals surface area contributed by atoms with Gasteiger partial charge in [0.25, 0.3) is 0 Å². The minimum atomic E-state index is -0.288. The first-order valence-electron chi connectivity index (χ1n) is 5.30. The molecule has 1 aromatic rings. The predicted molar refractivity (Wildman–Crippen MR) is 66.2 cm³/mol. The maximum Gasteiger partial charge on any atom is 0.234 e. The van der Waals surface area contributed by atoms with E-state index in [4.69, 9.17) is 5.73 Å². The molecule has 0 bridgehead atoms. The van der Waals surface area contributed by atoms with Crippen LogP contribution in [0.5, 0.6) is 0 Å². The van der Waals surface area contributed by atoms with E-state index in [1.807, 2.05) is 25.1 Å². The predicted octanol–water partition coefficient (Wildman–Crippen LogP) is 1.03. The summed E-state index contributed by atoms with van der Waals surface area (Å²) in [5, 5.41) is 4.03. The Kier molecular flexibility index (Phi) is 5.88. The maximum atomic E-state index is 11.1. The second kappa shape index (κ2) is 7.24. The molecule has 0 aliphatic heterocycles. The fourth-order valence-corrected chi connectivity index (χ4v) is 2.18. The summed E-state index contributed by atoms with van der Waals surface area (Å²) < 4.78 is 0. The van der Waals surface area contributed by atoms with Crippen molar-refractivity contribution in [2.75, 3.05) is 12.3 Å². The van der Waals surface area contributed by atoms with Crippen molar-refractivity contribution in [3.05, 3.63) is 24.4 Å². The molecule has 1 amide bonds. The number of carbonyl (C=O) groups excluding carboxylic acids is 1. The Morgan fingerprint density at radius 1 is 1.62 bits per heavy atom. The van der Waals surface area contributed by atoms with Gasteiger partial charge in [-0.2, -0.15) is 0 Å². The number of likely N-dealkylation sites (N-methyl/N-ethyl adjacent to an activating group) is 1. The van der Waals surface area contributed by atoms with Gasteiger partial charge >= 0.3 is 0 Å². The van der Waals surface area contributed by atoms with E-state index in [1.165, 1.54) is 0 Å². The highest BCUT2D eigenvalue weighted by molar-refractivity contribution is 7.99. The average Bonchev–Trinajstić information content (AvgIpc) is 2.29. The molecule has 4 nitrogen and oxygen atoms in total. The number of nitrogens with zero attached hydrogens (tertiary/aromatic N) is 1. The molecule has 0 fully saturated rings. The van der Waals surface area contributed by atoms with Crippen LogP contribution >= 0.6 is 11.8 Å². The van der Waals surface area contributed by atoms with Gasteiger partial charge in [-0.15, -0.1) is 11.8 Å². The van der Waals surface area contributed by atoms with Crippen molar-refractivity contribution in [1.29, 1.82) is 0 Å². The highest BCUT2D eigenvalue weighted by Gasteiger charge is 2.12. The molecule has 5 heteroatoms. The SMILES string of the molecule is CCNC(CCSc1ccccn1)C(N)=O. The van der Waals surface area contributed by atoms with E-state index >= 15 is 0 Å². The van der Waals surface area contributed by atoms with Crippen LogP contribution in [0.3, 0.4) is 0 Å². The van der Waals surface area contributed by atoms with E-state index in [2.05, 4.69) is 10.3 Å². The van der Waals surface area contributed by atoms with Crippen LogP contribution in [0, 0.1) is 0 Å². The third-order valence-corrected chi connectivity index (χ3v) is 3.07. The number of hydrogen-bond donors (Lipinski definition) is 2. The molecule has 0 aliphatic carbocycles. The number of nitrogens with one attached hydrogen (secondary N) is 1. The normalized spacial score (nSPS) is 12.3. The van der Waals surface area contributed by atoms with Crippen LogP contribution in [0.25, 0.3) is 0 Å². The molecule has 0 aromatic carbocycles. The first kappa shape index (κ1) is 13.0. The van der Waals surface area contributed by atoms with Crippen molar-refractivity contribution in [3.63, 3.8) is 0 Å². The lowest BCUT2D eigenvalue weighted by atomic mass is 10.2. The van der Waals surface area contributed by atoms with Crippen molar-refractivity contribution in [2.24, 2.45) is 5.73 Å². The molecule has 1 unspecified atom stereocenters. The lowest BCUT2D eigenvalue weighted by Crippen LogP contribution is -2.41. The molecule has 0 spiro atoms. The standard InChI is InChI=1S/C11H17N3OS/c1-2-13-9(11(12)15)6-8-16-10-5-3-4-7-14-10/h3-5,7,9,13H,2,6,8H2,1H3,(H2,12,15). The molecule has 1 atom stereocenters. The number of nitrogens with two attached hydrogens (primary N) is 1. The van der Waals surface area contributed by atoms with Gasteiger partial charge in [0.05, 0.1) is 11.1 Å². The number of aromatic nitrogens is 1. The molecule has 0 aliphatic rings. The number of hydrogen-bond acceptors (Lipinski definition) is 4. The minimum Gasteiger partial charge on any atom is -0.368 e. The number of carbonyl (C=O) groups is 1. The second-order valence-corrected chi connectivity index (χ2v) is 4.43. The van der Waals surface area contributed by atoms with Crippen LogP contribution in [0.2, 0.25) is 0 Å². The molecule has 0 saturated carbocycles. The fourth-order valence-electron chi connectivity index (χ4n) is 1.31. The zero-order chi connectivity index (χ0) is 11.8. The Hall–Kier alpha value is -1.07. The zero-order valence-electron chi connectivity index (χ0n) is 9.35. The number of thioether (sulfide) groups is 1. The Bertz CT molecular complexity index is 318. The largest absolute Gasteiger partial charge is 0.368 e. The Morgan fingerprint density at radius 2 is 2.44 bits per heavy atom. The number of primary amides is 1. The molecule has 16 heavy (non-hydrogen) atoms. The van der Waals surface area contributed by atoms with E-state index in [0.29, 0.717) is 0 Å². The van der Waals surface area contributed by atoms with Crippen LogP contribution in [0.4, 0.5) is 0 Å². The highest BCUT2D eigenvalue weighted by atomic mass is 32.2. The number of rotatable bonds is 7. The van der Waals surface area contributed by atoms with Crippen molar-refractivity contribution >= 4 is 17.7 Å². The Morgan fingerprint density at radius 3 is 3.00 bits per heavy atom. The summed E-state index contributed by atoms with van der Waals surface area (Å²) in [4.78, 5) is 15.3. The molecule has 3 N–H and O–H groups in total. The average molecular weight is 239 g/mol. The van der Waals surface area contributed by atoms with Crippen LogP contribution in [0.15, 0.2) is 29.4 Å². The summed E-state index contributed by atoms with van der Waals surface area (Å²) in [5.41, 5.74) is 5.28. The van der Waals surface area contributed by atoms with Gasteiger partial charge in [-0.3, -0.25) is 4.79 Å². The minimum absolute atomic E-state index is 0.235. The first-order chi connectivity index (χ1) is 7.74. The van der Waals surface area contributed by atoms with E-state index in [-0.39, 0.29) is 11.9 Å².